The van der Waals surface area contributed by atoms with Crippen molar-refractivity contribution < 1.29 is 8.39 Å². The molecule has 1 aromatic rings. The molecule has 0 saturated heterocycles. The van der Waals surface area contributed by atoms with Gasteiger partial charge >= 0.3 is 0 Å². The van der Waals surface area contributed by atoms with Gasteiger partial charge in [0.1, 0.15) is 0 Å². The average Bonchev–Trinajstić information content (AvgIpc) is 2.22. The largest absolute Gasteiger partial charge is 0.287 e. The van der Waals surface area contributed by atoms with Crippen molar-refractivity contribution in [3.05, 3.63) is 29.8 Å². The molecule has 0 saturated carbocycles. The Morgan fingerprint density at radius 2 is 1.71 bits per heavy atom. The maximum Gasteiger partial charge on any atom is 0.189 e. The zero-order valence-electron chi connectivity index (χ0n) is 9.24. The van der Waals surface area contributed by atoms with Gasteiger partial charge in [-0.2, -0.15) is 0 Å². The Hall–Kier alpha value is -0.670. The molecule has 0 fully saturated rings. The number of hydrogen-bond acceptors (Lipinski definition) is 2. The molecule has 0 aliphatic carbocycles. The smallest absolute Gasteiger partial charge is 0.189 e. The molecular weight excluding hydrogens is 196 g/mol. The van der Waals surface area contributed by atoms with Crippen LogP contribution in [0.2, 0.25) is 0 Å². The van der Waals surface area contributed by atoms with Crippen LogP contribution in [-0.2, 0) is 15.3 Å². The summed E-state index contributed by atoms with van der Waals surface area (Å²) < 4.78 is 16.2. The van der Waals surface area contributed by atoms with E-state index in [-0.39, 0.29) is 0 Å². The third-order valence-electron chi connectivity index (χ3n) is 1.44. The molecule has 2 nitrogen and oxygen atoms in total. The molecule has 0 radical (unpaired) electrons. The van der Waals surface area contributed by atoms with Crippen LogP contribution in [0.1, 0.15) is 26.3 Å². The van der Waals surface area contributed by atoms with E-state index in [1.54, 1.807) is 0 Å². The van der Waals surface area contributed by atoms with Crippen molar-refractivity contribution in [2.24, 2.45) is 0 Å². The van der Waals surface area contributed by atoms with Gasteiger partial charge in [-0.05, 0) is 26.0 Å². The molecule has 0 aromatic heterocycles. The van der Waals surface area contributed by atoms with Crippen LogP contribution in [0.5, 0.6) is 0 Å². The number of hydrogen-bond donors (Lipinski definition) is 0. The third-order valence-corrected chi connectivity index (χ3v) is 2.55. The zero-order valence-corrected chi connectivity index (χ0v) is 10.1. The highest BCUT2D eigenvalue weighted by Gasteiger charge is 2.01. The molecule has 1 atom stereocenters. The van der Waals surface area contributed by atoms with Crippen molar-refractivity contribution in [1.82, 2.24) is 0 Å². The molecule has 1 rings (SSSR count). The highest BCUT2D eigenvalue weighted by molar-refractivity contribution is 7.80. The summed E-state index contributed by atoms with van der Waals surface area (Å²) in [5.74, 6) is 0. The average molecular weight is 214 g/mol. The van der Waals surface area contributed by atoms with Gasteiger partial charge in [-0.1, -0.05) is 31.5 Å². The number of aryl methyl sites for hydroxylation is 1. The molecule has 0 amide bonds. The van der Waals surface area contributed by atoms with E-state index in [9.17, 15) is 4.21 Å². The SMILES string of the molecule is CC.CCOS(=O)c1ccc(C)cc1. The molecule has 0 bridgehead atoms. The second kappa shape index (κ2) is 7.71. The van der Waals surface area contributed by atoms with E-state index in [1.807, 2.05) is 52.0 Å². The van der Waals surface area contributed by atoms with Gasteiger partial charge in [-0.25, -0.2) is 4.21 Å². The van der Waals surface area contributed by atoms with E-state index in [1.165, 1.54) is 0 Å². The minimum Gasteiger partial charge on any atom is -0.287 e. The predicted molar refractivity (Wildman–Crippen MR) is 60.6 cm³/mol. The molecule has 0 heterocycles. The monoisotopic (exact) mass is 214 g/mol. The topological polar surface area (TPSA) is 26.3 Å². The lowest BCUT2D eigenvalue weighted by Crippen LogP contribution is -1.96. The summed E-state index contributed by atoms with van der Waals surface area (Å²) >= 11 is -1.29. The van der Waals surface area contributed by atoms with Gasteiger partial charge in [0.05, 0.1) is 11.5 Å². The molecule has 0 spiro atoms. The summed E-state index contributed by atoms with van der Waals surface area (Å²) in [5, 5.41) is 0. The van der Waals surface area contributed by atoms with Gasteiger partial charge in [0.15, 0.2) is 11.1 Å². The summed E-state index contributed by atoms with van der Waals surface area (Å²) in [6.45, 7) is 8.29. The molecular formula is C11H18O2S. The first-order valence-corrected chi connectivity index (χ1v) is 5.93. The second-order valence-electron chi connectivity index (χ2n) is 2.45. The van der Waals surface area contributed by atoms with Crippen molar-refractivity contribution in [3.8, 4) is 0 Å². The van der Waals surface area contributed by atoms with Crippen LogP contribution < -0.4 is 0 Å². The van der Waals surface area contributed by atoms with Gasteiger partial charge in [-0.15, -0.1) is 0 Å². The Morgan fingerprint density at radius 1 is 1.21 bits per heavy atom. The summed E-state index contributed by atoms with van der Waals surface area (Å²) in [6.07, 6.45) is 0. The van der Waals surface area contributed by atoms with Crippen molar-refractivity contribution in [2.45, 2.75) is 32.6 Å². The van der Waals surface area contributed by atoms with E-state index in [0.29, 0.717) is 6.61 Å². The number of rotatable bonds is 3. The standard InChI is InChI=1S/C9H12O2S.C2H6/c1-3-11-12(10)9-6-4-8(2)5-7-9;1-2/h4-7H,3H2,1-2H3;1-2H3. The molecule has 1 unspecified atom stereocenters. The molecule has 0 aliphatic rings. The molecule has 80 valence electrons. The van der Waals surface area contributed by atoms with Gasteiger partial charge in [0.25, 0.3) is 0 Å². The summed E-state index contributed by atoms with van der Waals surface area (Å²) in [4.78, 5) is 0.724. The number of benzene rings is 1. The van der Waals surface area contributed by atoms with Crippen molar-refractivity contribution >= 4 is 11.1 Å². The highest BCUT2D eigenvalue weighted by atomic mass is 32.2. The predicted octanol–water partition coefficient (Wildman–Crippen LogP) is 3.08. The van der Waals surface area contributed by atoms with Crippen LogP contribution >= 0.6 is 0 Å². The Morgan fingerprint density at radius 3 is 2.14 bits per heavy atom. The Bertz CT molecular complexity index is 267. The van der Waals surface area contributed by atoms with E-state index >= 15 is 0 Å². The Labute approximate surface area is 89.0 Å². The lowest BCUT2D eigenvalue weighted by molar-refractivity contribution is 0.371. The van der Waals surface area contributed by atoms with Crippen LogP contribution in [0.15, 0.2) is 29.2 Å². The summed E-state index contributed by atoms with van der Waals surface area (Å²) in [5.41, 5.74) is 1.16. The molecule has 0 N–H and O–H groups in total. The van der Waals surface area contributed by atoms with Gasteiger partial charge in [0, 0.05) is 0 Å². The minimum absolute atomic E-state index is 0.473. The lowest BCUT2D eigenvalue weighted by Gasteiger charge is -2.00. The first-order chi connectivity index (χ1) is 6.74. The first kappa shape index (κ1) is 13.3. The van der Waals surface area contributed by atoms with E-state index in [2.05, 4.69) is 0 Å². The van der Waals surface area contributed by atoms with E-state index in [0.717, 1.165) is 10.5 Å². The summed E-state index contributed by atoms with van der Waals surface area (Å²) in [7, 11) is 0. The van der Waals surface area contributed by atoms with E-state index in [4.69, 9.17) is 4.18 Å². The molecule has 1 aromatic carbocycles. The van der Waals surface area contributed by atoms with Crippen LogP contribution in [0.4, 0.5) is 0 Å². The molecule has 3 heteroatoms. The second-order valence-corrected chi connectivity index (χ2v) is 3.63. The minimum atomic E-state index is -1.29. The fraction of sp³-hybridized carbons (Fsp3) is 0.455. The summed E-state index contributed by atoms with van der Waals surface area (Å²) in [6, 6.07) is 7.49. The first-order valence-electron chi connectivity index (χ1n) is 4.85. The normalized spacial score (nSPS) is 11.4. The Balaban J connectivity index is 0.000000791. The van der Waals surface area contributed by atoms with Crippen molar-refractivity contribution in [3.63, 3.8) is 0 Å². The van der Waals surface area contributed by atoms with Crippen molar-refractivity contribution in [1.29, 1.82) is 0 Å². The fourth-order valence-electron chi connectivity index (χ4n) is 0.824. The van der Waals surface area contributed by atoms with Gasteiger partial charge in [0.2, 0.25) is 0 Å². The van der Waals surface area contributed by atoms with Gasteiger partial charge in [-0.3, -0.25) is 4.18 Å². The molecule has 0 aliphatic heterocycles. The van der Waals surface area contributed by atoms with Crippen LogP contribution in [0.3, 0.4) is 0 Å². The van der Waals surface area contributed by atoms with E-state index < -0.39 is 11.1 Å². The zero-order chi connectivity index (χ0) is 11.0. The van der Waals surface area contributed by atoms with Crippen LogP contribution in [0, 0.1) is 6.92 Å². The van der Waals surface area contributed by atoms with Crippen molar-refractivity contribution in [2.75, 3.05) is 6.61 Å². The third kappa shape index (κ3) is 4.53. The maximum atomic E-state index is 11.2. The fourth-order valence-corrected chi connectivity index (χ4v) is 1.53. The van der Waals surface area contributed by atoms with Crippen LogP contribution in [-0.4, -0.2) is 10.8 Å². The maximum absolute atomic E-state index is 11.2. The van der Waals surface area contributed by atoms with Gasteiger partial charge < -0.3 is 0 Å². The van der Waals surface area contributed by atoms with Crippen LogP contribution in [0.25, 0.3) is 0 Å². The highest BCUT2D eigenvalue weighted by Crippen LogP contribution is 2.08. The Kier molecular flexibility index (Phi) is 7.34. The lowest BCUT2D eigenvalue weighted by atomic mass is 10.2. The molecule has 14 heavy (non-hydrogen) atoms. The quantitative estimate of drug-likeness (QED) is 0.773.